The summed E-state index contributed by atoms with van der Waals surface area (Å²) in [5, 5.41) is 0.840. The first-order valence-corrected chi connectivity index (χ1v) is 8.48. The number of nitrogens with one attached hydrogen (secondary N) is 1. The van der Waals surface area contributed by atoms with Gasteiger partial charge in [0.15, 0.2) is 6.10 Å². The van der Waals surface area contributed by atoms with E-state index in [1.54, 1.807) is 25.1 Å². The second-order valence-electron chi connectivity index (χ2n) is 6.53. The Balaban J connectivity index is 1.82. The minimum absolute atomic E-state index is 0.211. The van der Waals surface area contributed by atoms with Gasteiger partial charge in [-0.2, -0.15) is 0 Å². The van der Waals surface area contributed by atoms with Crippen molar-refractivity contribution in [2.75, 3.05) is 19.0 Å². The van der Waals surface area contributed by atoms with E-state index in [0.29, 0.717) is 11.1 Å². The van der Waals surface area contributed by atoms with Crippen molar-refractivity contribution in [2.24, 2.45) is 0 Å². The maximum atomic E-state index is 12.9. The highest BCUT2D eigenvalue weighted by atomic mass is 16.5. The van der Waals surface area contributed by atoms with Gasteiger partial charge >= 0.3 is 5.97 Å². The third kappa shape index (κ3) is 3.33. The first-order valence-electron chi connectivity index (χ1n) is 8.48. The van der Waals surface area contributed by atoms with Crippen molar-refractivity contribution in [1.82, 2.24) is 4.98 Å². The molecule has 0 aliphatic heterocycles. The molecule has 0 fully saturated rings. The van der Waals surface area contributed by atoms with Gasteiger partial charge in [0.2, 0.25) is 5.78 Å². The van der Waals surface area contributed by atoms with Crippen LogP contribution in [-0.2, 0) is 4.74 Å². The number of H-pyrrole nitrogens is 1. The number of hydrogen-bond acceptors (Lipinski definition) is 4. The molecule has 0 spiro atoms. The fraction of sp³-hybridized carbons (Fsp3) is 0.238. The summed E-state index contributed by atoms with van der Waals surface area (Å²) in [7, 11) is 3.80. The van der Waals surface area contributed by atoms with Crippen LogP contribution in [0, 0.1) is 6.92 Å². The van der Waals surface area contributed by atoms with Gasteiger partial charge in [-0.05, 0) is 38.1 Å². The molecule has 0 aliphatic rings. The fourth-order valence-corrected chi connectivity index (χ4v) is 2.99. The number of benzene rings is 2. The van der Waals surface area contributed by atoms with Crippen LogP contribution in [0.3, 0.4) is 0 Å². The van der Waals surface area contributed by atoms with Crippen molar-refractivity contribution < 1.29 is 14.3 Å². The van der Waals surface area contributed by atoms with Crippen LogP contribution in [0.5, 0.6) is 0 Å². The number of hydrogen-bond donors (Lipinski definition) is 1. The van der Waals surface area contributed by atoms with Crippen LogP contribution in [0.25, 0.3) is 10.9 Å². The quantitative estimate of drug-likeness (QED) is 0.559. The van der Waals surface area contributed by atoms with Gasteiger partial charge in [-0.3, -0.25) is 4.79 Å². The smallest absolute Gasteiger partial charge is 0.338 e. The standard InChI is InChI=1S/C21H22N2O3/c1-13-19(17-10-5-6-11-18(17)22-13)20(24)14(2)26-21(25)15-8-7-9-16(12-15)23(3)4/h5-12,14,22H,1-4H3. The number of rotatable bonds is 5. The van der Waals surface area contributed by atoms with Gasteiger partial charge in [0.1, 0.15) is 0 Å². The molecule has 3 aromatic rings. The van der Waals surface area contributed by atoms with Crippen LogP contribution in [-0.4, -0.2) is 36.9 Å². The van der Waals surface area contributed by atoms with E-state index in [0.717, 1.165) is 22.3 Å². The Morgan fingerprint density at radius 2 is 1.81 bits per heavy atom. The third-order valence-electron chi connectivity index (χ3n) is 4.39. The zero-order valence-electron chi connectivity index (χ0n) is 15.4. The van der Waals surface area contributed by atoms with Gasteiger partial charge in [0, 0.05) is 41.9 Å². The minimum atomic E-state index is -0.872. The molecule has 1 heterocycles. The number of nitrogens with zero attached hydrogens (tertiary/aromatic N) is 1. The lowest BCUT2D eigenvalue weighted by molar-refractivity contribution is 0.0319. The van der Waals surface area contributed by atoms with E-state index in [2.05, 4.69) is 4.98 Å². The number of aryl methyl sites for hydroxylation is 1. The number of aromatic nitrogens is 1. The molecule has 1 unspecified atom stereocenters. The van der Waals surface area contributed by atoms with Crippen molar-refractivity contribution in [3.63, 3.8) is 0 Å². The zero-order valence-corrected chi connectivity index (χ0v) is 15.4. The highest BCUT2D eigenvalue weighted by molar-refractivity contribution is 6.11. The SMILES string of the molecule is Cc1[nH]c2ccccc2c1C(=O)C(C)OC(=O)c1cccc(N(C)C)c1. The van der Waals surface area contributed by atoms with Crippen LogP contribution in [0.15, 0.2) is 48.5 Å². The molecule has 5 nitrogen and oxygen atoms in total. The van der Waals surface area contributed by atoms with Gasteiger partial charge in [0.05, 0.1) is 5.56 Å². The lowest BCUT2D eigenvalue weighted by Crippen LogP contribution is -2.25. The van der Waals surface area contributed by atoms with E-state index in [9.17, 15) is 9.59 Å². The zero-order chi connectivity index (χ0) is 18.8. The molecule has 26 heavy (non-hydrogen) atoms. The highest BCUT2D eigenvalue weighted by Crippen LogP contribution is 2.24. The monoisotopic (exact) mass is 350 g/mol. The van der Waals surface area contributed by atoms with Crippen molar-refractivity contribution in [3.05, 3.63) is 65.4 Å². The summed E-state index contributed by atoms with van der Waals surface area (Å²) >= 11 is 0. The largest absolute Gasteiger partial charge is 0.451 e. The second-order valence-corrected chi connectivity index (χ2v) is 6.53. The van der Waals surface area contributed by atoms with Crippen LogP contribution >= 0.6 is 0 Å². The van der Waals surface area contributed by atoms with Crippen molar-refractivity contribution in [2.45, 2.75) is 20.0 Å². The topological polar surface area (TPSA) is 62.4 Å². The molecule has 3 rings (SSSR count). The molecule has 1 aromatic heterocycles. The summed E-state index contributed by atoms with van der Waals surface area (Å²) in [5.74, 6) is -0.718. The van der Waals surface area contributed by atoms with Crippen LogP contribution in [0.2, 0.25) is 0 Å². The maximum Gasteiger partial charge on any atom is 0.338 e. The number of anilines is 1. The van der Waals surface area contributed by atoms with E-state index < -0.39 is 12.1 Å². The summed E-state index contributed by atoms with van der Waals surface area (Å²) in [5.41, 5.74) is 3.56. The Morgan fingerprint density at radius 3 is 2.54 bits per heavy atom. The number of ether oxygens (including phenoxy) is 1. The lowest BCUT2D eigenvalue weighted by Gasteiger charge is -2.15. The normalized spacial score (nSPS) is 12.0. The Morgan fingerprint density at radius 1 is 1.08 bits per heavy atom. The first kappa shape index (κ1) is 17.7. The third-order valence-corrected chi connectivity index (χ3v) is 4.39. The Hall–Kier alpha value is -3.08. The van der Waals surface area contributed by atoms with Crippen LogP contribution in [0.4, 0.5) is 5.69 Å². The number of esters is 1. The Labute approximate surface area is 152 Å². The molecule has 0 saturated carbocycles. The first-order chi connectivity index (χ1) is 12.4. The molecule has 0 radical (unpaired) electrons. The second kappa shape index (κ2) is 7.04. The number of ketones is 1. The van der Waals surface area contributed by atoms with Gasteiger partial charge in [-0.15, -0.1) is 0 Å². The molecule has 1 atom stereocenters. The number of fused-ring (bicyclic) bond motifs is 1. The van der Waals surface area contributed by atoms with E-state index in [-0.39, 0.29) is 5.78 Å². The average Bonchev–Trinajstić information content (AvgIpc) is 2.96. The lowest BCUT2D eigenvalue weighted by atomic mass is 10.0. The number of para-hydroxylation sites is 1. The minimum Gasteiger partial charge on any atom is -0.451 e. The van der Waals surface area contributed by atoms with Crippen LogP contribution in [0.1, 0.15) is 33.3 Å². The molecule has 0 saturated heterocycles. The summed E-state index contributed by atoms with van der Waals surface area (Å²) in [4.78, 5) is 30.4. The summed E-state index contributed by atoms with van der Waals surface area (Å²) < 4.78 is 5.44. The molecule has 5 heteroatoms. The highest BCUT2D eigenvalue weighted by Gasteiger charge is 2.25. The van der Waals surface area contributed by atoms with E-state index in [1.165, 1.54) is 0 Å². The van der Waals surface area contributed by atoms with E-state index >= 15 is 0 Å². The summed E-state index contributed by atoms with van der Waals surface area (Å²) in [6, 6.07) is 14.7. The average molecular weight is 350 g/mol. The molecular weight excluding hydrogens is 328 g/mol. The number of Topliss-reactive ketones (excluding diaryl/α,β-unsaturated/α-hetero) is 1. The predicted octanol–water partition coefficient (Wildman–Crippen LogP) is 3.97. The van der Waals surface area contributed by atoms with Gasteiger partial charge < -0.3 is 14.6 Å². The predicted molar refractivity (Wildman–Crippen MR) is 103 cm³/mol. The maximum absolute atomic E-state index is 12.9. The molecule has 1 N–H and O–H groups in total. The number of carbonyl (C=O) groups excluding carboxylic acids is 2. The van der Waals surface area contributed by atoms with Gasteiger partial charge in [-0.25, -0.2) is 4.79 Å². The molecule has 134 valence electrons. The summed E-state index contributed by atoms with van der Waals surface area (Å²) in [6.07, 6.45) is -0.872. The van der Waals surface area contributed by atoms with Crippen LogP contribution < -0.4 is 4.90 Å². The molecule has 0 bridgehead atoms. The molecule has 0 aliphatic carbocycles. The van der Waals surface area contributed by atoms with Crippen molar-refractivity contribution in [1.29, 1.82) is 0 Å². The summed E-state index contributed by atoms with van der Waals surface area (Å²) in [6.45, 7) is 3.46. The molecular formula is C21H22N2O3. The van der Waals surface area contributed by atoms with Crippen molar-refractivity contribution >= 4 is 28.3 Å². The number of aromatic amines is 1. The van der Waals surface area contributed by atoms with Gasteiger partial charge in [-0.1, -0.05) is 24.3 Å². The Kier molecular flexibility index (Phi) is 4.80. The number of carbonyl (C=O) groups is 2. The van der Waals surface area contributed by atoms with Crippen molar-refractivity contribution in [3.8, 4) is 0 Å². The van der Waals surface area contributed by atoms with E-state index in [1.807, 2.05) is 56.3 Å². The molecule has 2 aromatic carbocycles. The van der Waals surface area contributed by atoms with E-state index in [4.69, 9.17) is 4.74 Å². The van der Waals surface area contributed by atoms with Gasteiger partial charge in [0.25, 0.3) is 0 Å². The Bertz CT molecular complexity index is 972. The molecule has 0 amide bonds. The fourth-order valence-electron chi connectivity index (χ4n) is 2.99.